The van der Waals surface area contributed by atoms with E-state index in [0.29, 0.717) is 10.6 Å². The highest BCUT2D eigenvalue weighted by atomic mass is 32.1. The second-order valence-corrected chi connectivity index (χ2v) is 4.78. The SMILES string of the molecule is CCCc1c(-c2cccnc2)sc(C#N)c1N. The minimum Gasteiger partial charge on any atom is -0.397 e. The number of aromatic nitrogens is 1. The molecule has 0 saturated carbocycles. The predicted octanol–water partition coefficient (Wildman–Crippen LogP) is 3.22. The van der Waals surface area contributed by atoms with E-state index in [2.05, 4.69) is 18.0 Å². The standard InChI is InChI=1S/C13H13N3S/c1-2-4-10-12(15)11(7-14)17-13(10)9-5-3-6-16-8-9/h3,5-6,8H,2,4,15H2,1H3. The summed E-state index contributed by atoms with van der Waals surface area (Å²) in [4.78, 5) is 5.79. The van der Waals surface area contributed by atoms with Crippen molar-refractivity contribution in [3.8, 4) is 16.5 Å². The lowest BCUT2D eigenvalue weighted by Crippen LogP contribution is -1.93. The smallest absolute Gasteiger partial charge is 0.128 e. The maximum Gasteiger partial charge on any atom is 0.128 e. The normalized spacial score (nSPS) is 10.1. The Labute approximate surface area is 105 Å². The van der Waals surface area contributed by atoms with Crippen molar-refractivity contribution in [2.24, 2.45) is 0 Å². The van der Waals surface area contributed by atoms with Crippen LogP contribution in [0.25, 0.3) is 10.4 Å². The van der Waals surface area contributed by atoms with Gasteiger partial charge in [0.15, 0.2) is 0 Å². The zero-order valence-electron chi connectivity index (χ0n) is 9.60. The summed E-state index contributed by atoms with van der Waals surface area (Å²) in [5.41, 5.74) is 8.76. The van der Waals surface area contributed by atoms with Crippen molar-refractivity contribution in [1.82, 2.24) is 4.98 Å². The van der Waals surface area contributed by atoms with Gasteiger partial charge in [-0.25, -0.2) is 0 Å². The number of anilines is 1. The molecule has 3 nitrogen and oxygen atoms in total. The van der Waals surface area contributed by atoms with Gasteiger partial charge in [0.25, 0.3) is 0 Å². The van der Waals surface area contributed by atoms with Crippen LogP contribution < -0.4 is 5.73 Å². The summed E-state index contributed by atoms with van der Waals surface area (Å²) >= 11 is 1.45. The average Bonchev–Trinajstić information content (AvgIpc) is 2.69. The van der Waals surface area contributed by atoms with Crippen molar-refractivity contribution in [2.45, 2.75) is 19.8 Å². The Kier molecular flexibility index (Phi) is 3.40. The molecule has 0 amide bonds. The summed E-state index contributed by atoms with van der Waals surface area (Å²) in [7, 11) is 0. The molecule has 0 bridgehead atoms. The first-order valence-corrected chi connectivity index (χ1v) is 6.31. The van der Waals surface area contributed by atoms with Crippen LogP contribution in [0.1, 0.15) is 23.8 Å². The molecule has 0 unspecified atom stereocenters. The molecule has 17 heavy (non-hydrogen) atoms. The maximum atomic E-state index is 9.04. The van der Waals surface area contributed by atoms with Gasteiger partial charge in [-0.15, -0.1) is 11.3 Å². The zero-order valence-corrected chi connectivity index (χ0v) is 10.4. The number of hydrogen-bond acceptors (Lipinski definition) is 4. The van der Waals surface area contributed by atoms with E-state index in [9.17, 15) is 0 Å². The number of nitrogens with zero attached hydrogens (tertiary/aromatic N) is 2. The second kappa shape index (κ2) is 4.98. The molecule has 86 valence electrons. The summed E-state index contributed by atoms with van der Waals surface area (Å²) in [5.74, 6) is 0. The molecule has 0 radical (unpaired) electrons. The van der Waals surface area contributed by atoms with Crippen molar-refractivity contribution >= 4 is 17.0 Å². The Morgan fingerprint density at radius 3 is 2.94 bits per heavy atom. The summed E-state index contributed by atoms with van der Waals surface area (Å²) in [6, 6.07) is 6.05. The number of nitrogen functional groups attached to an aromatic ring is 1. The quantitative estimate of drug-likeness (QED) is 0.900. The number of thiophene rings is 1. The molecule has 2 N–H and O–H groups in total. The van der Waals surface area contributed by atoms with E-state index in [1.54, 1.807) is 6.20 Å². The third kappa shape index (κ3) is 2.15. The van der Waals surface area contributed by atoms with Gasteiger partial charge in [0.2, 0.25) is 0 Å². The molecule has 2 heterocycles. The molecule has 0 fully saturated rings. The van der Waals surface area contributed by atoms with Crippen LogP contribution in [0, 0.1) is 11.3 Å². The lowest BCUT2D eigenvalue weighted by Gasteiger charge is -2.03. The van der Waals surface area contributed by atoms with Crippen LogP contribution in [0.2, 0.25) is 0 Å². The van der Waals surface area contributed by atoms with Crippen LogP contribution in [0.4, 0.5) is 5.69 Å². The van der Waals surface area contributed by atoms with E-state index >= 15 is 0 Å². The molecule has 2 aromatic heterocycles. The molecule has 0 aliphatic rings. The monoisotopic (exact) mass is 243 g/mol. The fourth-order valence-electron chi connectivity index (χ4n) is 1.79. The molecule has 0 aliphatic heterocycles. The highest BCUT2D eigenvalue weighted by Gasteiger charge is 2.16. The Hall–Kier alpha value is -1.86. The molecule has 0 aliphatic carbocycles. The molecule has 2 aromatic rings. The van der Waals surface area contributed by atoms with Crippen LogP contribution in [0.15, 0.2) is 24.5 Å². The summed E-state index contributed by atoms with van der Waals surface area (Å²) in [6.07, 6.45) is 5.46. The topological polar surface area (TPSA) is 62.7 Å². The fourth-order valence-corrected chi connectivity index (χ4v) is 2.85. The van der Waals surface area contributed by atoms with Gasteiger partial charge in [0.1, 0.15) is 10.9 Å². The lowest BCUT2D eigenvalue weighted by atomic mass is 10.1. The van der Waals surface area contributed by atoms with E-state index in [1.807, 2.05) is 18.3 Å². The minimum absolute atomic E-state index is 0.604. The molecule has 0 saturated heterocycles. The van der Waals surface area contributed by atoms with Gasteiger partial charge in [0, 0.05) is 22.8 Å². The van der Waals surface area contributed by atoms with E-state index in [0.717, 1.165) is 28.8 Å². The Morgan fingerprint density at radius 2 is 2.35 bits per heavy atom. The highest BCUT2D eigenvalue weighted by molar-refractivity contribution is 7.16. The van der Waals surface area contributed by atoms with Crippen LogP contribution in [0.3, 0.4) is 0 Å². The van der Waals surface area contributed by atoms with Gasteiger partial charge in [-0.2, -0.15) is 5.26 Å². The Morgan fingerprint density at radius 1 is 1.53 bits per heavy atom. The Bertz CT molecular complexity index is 552. The first-order chi connectivity index (χ1) is 8.27. The van der Waals surface area contributed by atoms with Crippen LogP contribution in [0.5, 0.6) is 0 Å². The van der Waals surface area contributed by atoms with Crippen LogP contribution in [-0.2, 0) is 6.42 Å². The number of nitrogens with two attached hydrogens (primary N) is 1. The van der Waals surface area contributed by atoms with Gasteiger partial charge < -0.3 is 5.73 Å². The van der Waals surface area contributed by atoms with Gasteiger partial charge in [-0.05, 0) is 18.1 Å². The number of hydrogen-bond donors (Lipinski definition) is 1. The highest BCUT2D eigenvalue weighted by Crippen LogP contribution is 2.38. The molecule has 2 rings (SSSR count). The molecular formula is C13H13N3S. The van der Waals surface area contributed by atoms with Gasteiger partial charge in [-0.1, -0.05) is 19.4 Å². The number of pyridine rings is 1. The fraction of sp³-hybridized carbons (Fsp3) is 0.231. The van der Waals surface area contributed by atoms with Crippen molar-refractivity contribution in [3.63, 3.8) is 0 Å². The molecular weight excluding hydrogens is 230 g/mol. The Balaban J connectivity index is 2.58. The van der Waals surface area contributed by atoms with Gasteiger partial charge in [-0.3, -0.25) is 4.98 Å². The second-order valence-electron chi connectivity index (χ2n) is 3.76. The van der Waals surface area contributed by atoms with Crippen molar-refractivity contribution in [1.29, 1.82) is 5.26 Å². The van der Waals surface area contributed by atoms with E-state index in [-0.39, 0.29) is 0 Å². The zero-order chi connectivity index (χ0) is 12.3. The van der Waals surface area contributed by atoms with E-state index in [4.69, 9.17) is 11.0 Å². The van der Waals surface area contributed by atoms with Crippen LogP contribution >= 0.6 is 11.3 Å². The molecule has 0 atom stereocenters. The summed E-state index contributed by atoms with van der Waals surface area (Å²) in [6.45, 7) is 2.11. The molecule has 0 spiro atoms. The van der Waals surface area contributed by atoms with Crippen LogP contribution in [-0.4, -0.2) is 4.98 Å². The van der Waals surface area contributed by atoms with Crippen molar-refractivity contribution in [2.75, 3.05) is 5.73 Å². The maximum absolute atomic E-state index is 9.04. The summed E-state index contributed by atoms with van der Waals surface area (Å²) in [5, 5.41) is 9.04. The third-order valence-electron chi connectivity index (χ3n) is 2.57. The van der Waals surface area contributed by atoms with Crippen molar-refractivity contribution in [3.05, 3.63) is 35.0 Å². The summed E-state index contributed by atoms with van der Waals surface area (Å²) < 4.78 is 0. The third-order valence-corrected chi connectivity index (χ3v) is 3.77. The molecule has 0 aromatic carbocycles. The number of rotatable bonds is 3. The largest absolute Gasteiger partial charge is 0.397 e. The van der Waals surface area contributed by atoms with Gasteiger partial charge in [0.05, 0.1) is 5.69 Å². The van der Waals surface area contributed by atoms with E-state index < -0.39 is 0 Å². The predicted molar refractivity (Wildman–Crippen MR) is 70.7 cm³/mol. The first-order valence-electron chi connectivity index (χ1n) is 5.49. The van der Waals surface area contributed by atoms with Gasteiger partial charge >= 0.3 is 0 Å². The average molecular weight is 243 g/mol. The first kappa shape index (κ1) is 11.6. The minimum atomic E-state index is 0.604. The van der Waals surface area contributed by atoms with Crippen molar-refractivity contribution < 1.29 is 0 Å². The number of nitriles is 1. The molecule has 4 heteroatoms. The lowest BCUT2D eigenvalue weighted by molar-refractivity contribution is 0.929. The van der Waals surface area contributed by atoms with E-state index in [1.165, 1.54) is 11.3 Å².